The molecule has 0 saturated heterocycles. The van der Waals surface area contributed by atoms with Gasteiger partial charge in [0.15, 0.2) is 34.6 Å². The zero-order chi connectivity index (χ0) is 21.8. The molecule has 0 atom stereocenters. The van der Waals surface area contributed by atoms with Crippen LogP contribution in [0.4, 0.5) is 17.3 Å². The standard InChI is InChI=1S/C28H17N3O2/c1-3-8-18(9-4-1)20-14-16-24-27(29-20)31-26-22(32-24)12-7-13-23(26)33-25-17-15-21(30-28(25)31)19-10-5-2-6-11-19/h1-17H. The van der Waals surface area contributed by atoms with Crippen molar-refractivity contribution in [2.75, 3.05) is 4.90 Å². The Bertz CT molecular complexity index is 1410. The van der Waals surface area contributed by atoms with Crippen molar-refractivity contribution in [3.8, 4) is 45.5 Å². The third kappa shape index (κ3) is 2.79. The maximum atomic E-state index is 6.23. The van der Waals surface area contributed by atoms with Crippen molar-refractivity contribution < 1.29 is 9.47 Å². The van der Waals surface area contributed by atoms with Crippen LogP contribution in [0.1, 0.15) is 0 Å². The first-order valence-corrected chi connectivity index (χ1v) is 10.8. The summed E-state index contributed by atoms with van der Waals surface area (Å²) in [4.78, 5) is 12.1. The molecule has 5 aromatic rings. The predicted molar refractivity (Wildman–Crippen MR) is 128 cm³/mol. The van der Waals surface area contributed by atoms with Crippen LogP contribution in [0.25, 0.3) is 22.5 Å². The summed E-state index contributed by atoms with van der Waals surface area (Å²) in [6.07, 6.45) is 0. The summed E-state index contributed by atoms with van der Waals surface area (Å²) in [5.74, 6) is 4.17. The summed E-state index contributed by atoms with van der Waals surface area (Å²) in [5, 5.41) is 0. The average Bonchev–Trinajstić information content (AvgIpc) is 2.89. The van der Waals surface area contributed by atoms with Crippen LogP contribution in [-0.2, 0) is 0 Å². The van der Waals surface area contributed by atoms with Gasteiger partial charge in [-0.1, -0.05) is 66.7 Å². The number of ether oxygens (including phenoxy) is 2. The van der Waals surface area contributed by atoms with E-state index in [0.29, 0.717) is 34.6 Å². The van der Waals surface area contributed by atoms with E-state index in [1.54, 1.807) is 0 Å². The SMILES string of the molecule is c1ccc(-c2ccc3c(n2)N2c4nc(-c5ccccc5)ccc4Oc4cccc(c42)O3)cc1. The molecule has 3 aromatic carbocycles. The van der Waals surface area contributed by atoms with E-state index in [9.17, 15) is 0 Å². The van der Waals surface area contributed by atoms with Crippen LogP contribution >= 0.6 is 0 Å². The van der Waals surface area contributed by atoms with Gasteiger partial charge in [0.25, 0.3) is 0 Å². The molecular formula is C28H17N3O2. The number of para-hydroxylation sites is 1. The highest BCUT2D eigenvalue weighted by molar-refractivity contribution is 5.91. The molecule has 0 saturated carbocycles. The van der Waals surface area contributed by atoms with Gasteiger partial charge in [-0.2, -0.15) is 0 Å². The van der Waals surface area contributed by atoms with Crippen LogP contribution in [0.2, 0.25) is 0 Å². The van der Waals surface area contributed by atoms with E-state index in [2.05, 4.69) is 29.2 Å². The highest BCUT2D eigenvalue weighted by atomic mass is 16.5. The van der Waals surface area contributed by atoms with E-state index in [0.717, 1.165) is 28.2 Å². The Morgan fingerprint density at radius 3 is 1.42 bits per heavy atom. The summed E-state index contributed by atoms with van der Waals surface area (Å²) < 4.78 is 12.5. The molecule has 2 aliphatic heterocycles. The minimum absolute atomic E-state index is 0.680. The van der Waals surface area contributed by atoms with E-state index in [1.165, 1.54) is 0 Å². The maximum Gasteiger partial charge on any atom is 0.183 e. The number of fused-ring (bicyclic) bond motifs is 4. The van der Waals surface area contributed by atoms with Crippen molar-refractivity contribution in [3.05, 3.63) is 103 Å². The van der Waals surface area contributed by atoms with E-state index in [-0.39, 0.29) is 0 Å². The van der Waals surface area contributed by atoms with Crippen LogP contribution in [0.3, 0.4) is 0 Å². The topological polar surface area (TPSA) is 47.5 Å². The number of nitrogens with zero attached hydrogens (tertiary/aromatic N) is 3. The predicted octanol–water partition coefficient (Wildman–Crippen LogP) is 7.49. The number of rotatable bonds is 2. The fraction of sp³-hybridized carbons (Fsp3) is 0. The van der Waals surface area contributed by atoms with Crippen molar-refractivity contribution in [2.45, 2.75) is 0 Å². The summed E-state index contributed by atoms with van der Waals surface area (Å²) in [5.41, 5.74) is 4.63. The van der Waals surface area contributed by atoms with Gasteiger partial charge in [-0.3, -0.25) is 4.90 Å². The zero-order valence-electron chi connectivity index (χ0n) is 17.5. The summed E-state index contributed by atoms with van der Waals surface area (Å²) in [6, 6.07) is 34.0. The summed E-state index contributed by atoms with van der Waals surface area (Å²) in [6.45, 7) is 0. The fourth-order valence-electron chi connectivity index (χ4n) is 4.33. The molecule has 0 unspecified atom stereocenters. The second kappa shape index (κ2) is 6.93. The molecule has 2 aromatic heterocycles. The smallest absolute Gasteiger partial charge is 0.183 e. The Kier molecular flexibility index (Phi) is 3.78. The van der Waals surface area contributed by atoms with Crippen LogP contribution < -0.4 is 14.4 Å². The molecule has 0 radical (unpaired) electrons. The van der Waals surface area contributed by atoms with Gasteiger partial charge in [0.2, 0.25) is 0 Å². The largest absolute Gasteiger partial charge is 0.451 e. The molecule has 7 rings (SSSR count). The van der Waals surface area contributed by atoms with Crippen LogP contribution in [-0.4, -0.2) is 9.97 Å². The molecule has 33 heavy (non-hydrogen) atoms. The Hall–Kier alpha value is -4.64. The normalized spacial score (nSPS) is 12.7. The van der Waals surface area contributed by atoms with Gasteiger partial charge in [-0.25, -0.2) is 9.97 Å². The first-order valence-electron chi connectivity index (χ1n) is 10.8. The lowest BCUT2D eigenvalue weighted by Gasteiger charge is -2.36. The third-order valence-electron chi connectivity index (χ3n) is 5.87. The van der Waals surface area contributed by atoms with Crippen LogP contribution in [0, 0.1) is 0 Å². The number of anilines is 3. The van der Waals surface area contributed by atoms with Crippen LogP contribution in [0.5, 0.6) is 23.0 Å². The molecule has 0 spiro atoms. The molecular weight excluding hydrogens is 410 g/mol. The summed E-state index contributed by atoms with van der Waals surface area (Å²) in [7, 11) is 0. The highest BCUT2D eigenvalue weighted by Gasteiger charge is 2.37. The van der Waals surface area contributed by atoms with Gasteiger partial charge < -0.3 is 9.47 Å². The van der Waals surface area contributed by atoms with E-state index in [1.807, 2.05) is 78.9 Å². The van der Waals surface area contributed by atoms with Gasteiger partial charge >= 0.3 is 0 Å². The first-order chi connectivity index (χ1) is 16.3. The number of aromatic nitrogens is 2. The molecule has 0 bridgehead atoms. The molecule has 0 N–H and O–H groups in total. The minimum atomic E-state index is 0.680. The molecule has 2 aliphatic rings. The van der Waals surface area contributed by atoms with Crippen molar-refractivity contribution in [3.63, 3.8) is 0 Å². The van der Waals surface area contributed by atoms with Crippen molar-refractivity contribution >= 4 is 17.3 Å². The third-order valence-corrected chi connectivity index (χ3v) is 5.87. The number of hydrogen-bond acceptors (Lipinski definition) is 5. The Morgan fingerprint density at radius 2 is 0.939 bits per heavy atom. The zero-order valence-corrected chi connectivity index (χ0v) is 17.5. The van der Waals surface area contributed by atoms with Gasteiger partial charge in [-0.15, -0.1) is 0 Å². The fourth-order valence-corrected chi connectivity index (χ4v) is 4.33. The molecule has 156 valence electrons. The lowest BCUT2D eigenvalue weighted by atomic mass is 10.1. The molecule has 4 heterocycles. The van der Waals surface area contributed by atoms with Crippen molar-refractivity contribution in [1.82, 2.24) is 9.97 Å². The minimum Gasteiger partial charge on any atom is -0.451 e. The Labute approximate surface area is 190 Å². The molecule has 5 nitrogen and oxygen atoms in total. The Balaban J connectivity index is 1.46. The lowest BCUT2D eigenvalue weighted by Crippen LogP contribution is -2.22. The highest BCUT2D eigenvalue weighted by Crippen LogP contribution is 2.58. The molecule has 0 fully saturated rings. The Morgan fingerprint density at radius 1 is 0.455 bits per heavy atom. The number of hydrogen-bond donors (Lipinski definition) is 0. The van der Waals surface area contributed by atoms with Gasteiger partial charge in [0.05, 0.1) is 11.4 Å². The number of benzene rings is 3. The second-order valence-corrected chi connectivity index (χ2v) is 7.91. The maximum absolute atomic E-state index is 6.23. The summed E-state index contributed by atoms with van der Waals surface area (Å²) >= 11 is 0. The quantitative estimate of drug-likeness (QED) is 0.286. The van der Waals surface area contributed by atoms with Crippen molar-refractivity contribution in [1.29, 1.82) is 0 Å². The monoisotopic (exact) mass is 427 g/mol. The molecule has 0 aliphatic carbocycles. The average molecular weight is 427 g/mol. The molecule has 0 amide bonds. The van der Waals surface area contributed by atoms with Gasteiger partial charge in [0.1, 0.15) is 5.69 Å². The number of pyridine rings is 2. The van der Waals surface area contributed by atoms with E-state index >= 15 is 0 Å². The van der Waals surface area contributed by atoms with Crippen LogP contribution in [0.15, 0.2) is 103 Å². The van der Waals surface area contributed by atoms with E-state index in [4.69, 9.17) is 19.4 Å². The van der Waals surface area contributed by atoms with Gasteiger partial charge in [-0.05, 0) is 36.4 Å². The van der Waals surface area contributed by atoms with E-state index < -0.39 is 0 Å². The lowest BCUT2D eigenvalue weighted by molar-refractivity contribution is 0.442. The van der Waals surface area contributed by atoms with Gasteiger partial charge in [0, 0.05) is 11.1 Å². The van der Waals surface area contributed by atoms with Crippen molar-refractivity contribution in [2.24, 2.45) is 0 Å². The first kappa shape index (κ1) is 18.0. The second-order valence-electron chi connectivity index (χ2n) is 7.91. The molecule has 5 heteroatoms.